The molecule has 18 heavy (non-hydrogen) atoms. The summed E-state index contributed by atoms with van der Waals surface area (Å²) in [4.78, 5) is 0. The first-order valence-corrected chi connectivity index (χ1v) is 7.92. The van der Waals surface area contributed by atoms with E-state index in [1.54, 1.807) is 0 Å². The van der Waals surface area contributed by atoms with Gasteiger partial charge in [-0.1, -0.05) is 39.5 Å². The standard InChI is InChI=1S/C16H33NO/c1-5-7-9-14(6-2)12-15(17-3)13-16(18-4)10-8-11-16/h14-15,17H,5-13H2,1-4H3. The zero-order valence-corrected chi connectivity index (χ0v) is 12.9. The fraction of sp³-hybridized carbons (Fsp3) is 1.00. The summed E-state index contributed by atoms with van der Waals surface area (Å²) in [5.41, 5.74) is 0.205. The molecule has 0 aromatic carbocycles. The Labute approximate surface area is 114 Å². The van der Waals surface area contributed by atoms with Crippen LogP contribution in [0, 0.1) is 5.92 Å². The van der Waals surface area contributed by atoms with Gasteiger partial charge in [-0.3, -0.25) is 0 Å². The number of hydrogen-bond donors (Lipinski definition) is 1. The first-order chi connectivity index (χ1) is 8.69. The van der Waals surface area contributed by atoms with Gasteiger partial charge in [-0.25, -0.2) is 0 Å². The Bertz CT molecular complexity index is 208. The molecule has 2 atom stereocenters. The van der Waals surface area contributed by atoms with Crippen LogP contribution in [0.3, 0.4) is 0 Å². The Hall–Kier alpha value is -0.0800. The molecule has 2 heteroatoms. The Kier molecular flexibility index (Phi) is 7.25. The molecule has 108 valence electrons. The van der Waals surface area contributed by atoms with Gasteiger partial charge < -0.3 is 10.1 Å². The number of methoxy groups -OCH3 is 1. The van der Waals surface area contributed by atoms with Crippen LogP contribution in [0.1, 0.15) is 71.6 Å². The van der Waals surface area contributed by atoms with E-state index in [0.717, 1.165) is 5.92 Å². The van der Waals surface area contributed by atoms with Crippen LogP contribution in [0.25, 0.3) is 0 Å². The highest BCUT2D eigenvalue weighted by molar-refractivity contribution is 4.93. The fourth-order valence-electron chi connectivity index (χ4n) is 3.20. The van der Waals surface area contributed by atoms with Crippen molar-refractivity contribution in [3.8, 4) is 0 Å². The maximum absolute atomic E-state index is 5.76. The van der Waals surface area contributed by atoms with Crippen molar-refractivity contribution >= 4 is 0 Å². The SMILES string of the molecule is CCCCC(CC)CC(CC1(OC)CCC1)NC. The van der Waals surface area contributed by atoms with Crippen molar-refractivity contribution in [1.29, 1.82) is 0 Å². The molecule has 0 saturated heterocycles. The molecule has 0 heterocycles. The van der Waals surface area contributed by atoms with Crippen LogP contribution < -0.4 is 5.32 Å². The fourth-order valence-corrected chi connectivity index (χ4v) is 3.20. The van der Waals surface area contributed by atoms with E-state index in [4.69, 9.17) is 4.74 Å². The van der Waals surface area contributed by atoms with Crippen LogP contribution in [-0.4, -0.2) is 25.8 Å². The highest BCUT2D eigenvalue weighted by Gasteiger charge is 2.38. The Morgan fingerprint density at radius 2 is 2.00 bits per heavy atom. The summed E-state index contributed by atoms with van der Waals surface area (Å²) in [6, 6.07) is 0.632. The quantitative estimate of drug-likeness (QED) is 0.633. The van der Waals surface area contributed by atoms with E-state index in [0.29, 0.717) is 6.04 Å². The largest absolute Gasteiger partial charge is 0.378 e. The summed E-state index contributed by atoms with van der Waals surface area (Å²) in [5.74, 6) is 0.886. The molecular formula is C16H33NO. The van der Waals surface area contributed by atoms with Gasteiger partial charge >= 0.3 is 0 Å². The van der Waals surface area contributed by atoms with E-state index in [2.05, 4.69) is 26.2 Å². The smallest absolute Gasteiger partial charge is 0.0693 e. The monoisotopic (exact) mass is 255 g/mol. The van der Waals surface area contributed by atoms with Crippen molar-refractivity contribution in [2.24, 2.45) is 5.92 Å². The Balaban J connectivity index is 2.39. The molecule has 1 aliphatic carbocycles. The van der Waals surface area contributed by atoms with E-state index in [-0.39, 0.29) is 5.60 Å². The van der Waals surface area contributed by atoms with E-state index in [9.17, 15) is 0 Å². The zero-order chi connectivity index (χ0) is 13.4. The topological polar surface area (TPSA) is 21.3 Å². The third-order valence-electron chi connectivity index (χ3n) is 4.89. The van der Waals surface area contributed by atoms with Crippen molar-refractivity contribution < 1.29 is 4.74 Å². The molecule has 1 fully saturated rings. The van der Waals surface area contributed by atoms with Gasteiger partial charge in [0.1, 0.15) is 0 Å². The molecule has 0 aromatic heterocycles. The summed E-state index contributed by atoms with van der Waals surface area (Å²) in [5, 5.41) is 3.52. The second-order valence-corrected chi connectivity index (χ2v) is 6.08. The van der Waals surface area contributed by atoms with Gasteiger partial charge in [-0.05, 0) is 45.1 Å². The van der Waals surface area contributed by atoms with Crippen LogP contribution in [0.15, 0.2) is 0 Å². The van der Waals surface area contributed by atoms with E-state index >= 15 is 0 Å². The van der Waals surface area contributed by atoms with E-state index in [1.165, 1.54) is 57.8 Å². The lowest BCUT2D eigenvalue weighted by Gasteiger charge is -2.43. The Morgan fingerprint density at radius 3 is 2.39 bits per heavy atom. The van der Waals surface area contributed by atoms with Gasteiger partial charge in [0.15, 0.2) is 0 Å². The maximum atomic E-state index is 5.76. The minimum absolute atomic E-state index is 0.205. The summed E-state index contributed by atoms with van der Waals surface area (Å²) >= 11 is 0. The number of unbranched alkanes of at least 4 members (excludes halogenated alkanes) is 1. The van der Waals surface area contributed by atoms with Crippen LogP contribution in [-0.2, 0) is 4.74 Å². The van der Waals surface area contributed by atoms with Gasteiger partial charge in [0, 0.05) is 13.2 Å². The minimum atomic E-state index is 0.205. The molecular weight excluding hydrogens is 222 g/mol. The molecule has 1 aliphatic rings. The second-order valence-electron chi connectivity index (χ2n) is 6.08. The number of hydrogen-bond acceptors (Lipinski definition) is 2. The van der Waals surface area contributed by atoms with Crippen molar-refractivity contribution in [2.45, 2.75) is 83.3 Å². The average molecular weight is 255 g/mol. The predicted molar refractivity (Wildman–Crippen MR) is 79.0 cm³/mol. The molecule has 2 unspecified atom stereocenters. The van der Waals surface area contributed by atoms with E-state index in [1.807, 2.05) is 7.11 Å². The molecule has 0 radical (unpaired) electrons. The first kappa shape index (κ1) is 16.0. The minimum Gasteiger partial charge on any atom is -0.378 e. The number of ether oxygens (including phenoxy) is 1. The average Bonchev–Trinajstić information content (AvgIpc) is 2.36. The first-order valence-electron chi connectivity index (χ1n) is 7.92. The lowest BCUT2D eigenvalue weighted by molar-refractivity contribution is -0.0843. The summed E-state index contributed by atoms with van der Waals surface area (Å²) in [7, 11) is 4.00. The van der Waals surface area contributed by atoms with Crippen LogP contribution in [0.5, 0.6) is 0 Å². The number of nitrogens with one attached hydrogen (secondary N) is 1. The molecule has 0 amide bonds. The summed E-state index contributed by atoms with van der Waals surface area (Å²) < 4.78 is 5.76. The predicted octanol–water partition coefficient (Wildman–Crippen LogP) is 4.14. The van der Waals surface area contributed by atoms with Crippen molar-refractivity contribution in [3.05, 3.63) is 0 Å². The molecule has 0 spiro atoms. The van der Waals surface area contributed by atoms with Crippen molar-refractivity contribution in [2.75, 3.05) is 14.2 Å². The van der Waals surface area contributed by atoms with Gasteiger partial charge in [0.2, 0.25) is 0 Å². The zero-order valence-electron chi connectivity index (χ0n) is 12.9. The highest BCUT2D eigenvalue weighted by Crippen LogP contribution is 2.39. The van der Waals surface area contributed by atoms with Crippen LogP contribution >= 0.6 is 0 Å². The lowest BCUT2D eigenvalue weighted by atomic mass is 9.74. The third-order valence-corrected chi connectivity index (χ3v) is 4.89. The maximum Gasteiger partial charge on any atom is 0.0693 e. The van der Waals surface area contributed by atoms with Gasteiger partial charge in [0.05, 0.1) is 5.60 Å². The molecule has 1 N–H and O–H groups in total. The second kappa shape index (κ2) is 8.16. The van der Waals surface area contributed by atoms with Crippen LogP contribution in [0.4, 0.5) is 0 Å². The van der Waals surface area contributed by atoms with Crippen molar-refractivity contribution in [1.82, 2.24) is 5.32 Å². The molecule has 2 nitrogen and oxygen atoms in total. The lowest BCUT2D eigenvalue weighted by Crippen LogP contribution is -2.45. The van der Waals surface area contributed by atoms with Gasteiger partial charge in [-0.2, -0.15) is 0 Å². The number of rotatable bonds is 10. The van der Waals surface area contributed by atoms with Gasteiger partial charge in [0.25, 0.3) is 0 Å². The van der Waals surface area contributed by atoms with Crippen molar-refractivity contribution in [3.63, 3.8) is 0 Å². The summed E-state index contributed by atoms with van der Waals surface area (Å²) in [6.07, 6.45) is 11.8. The molecule has 0 bridgehead atoms. The molecule has 1 rings (SSSR count). The normalized spacial score (nSPS) is 21.3. The molecule has 0 aromatic rings. The third kappa shape index (κ3) is 4.55. The molecule has 0 aliphatic heterocycles. The summed E-state index contributed by atoms with van der Waals surface area (Å²) in [6.45, 7) is 4.62. The highest BCUT2D eigenvalue weighted by atomic mass is 16.5. The van der Waals surface area contributed by atoms with E-state index < -0.39 is 0 Å². The molecule has 1 saturated carbocycles. The van der Waals surface area contributed by atoms with Gasteiger partial charge in [-0.15, -0.1) is 0 Å². The Morgan fingerprint density at radius 1 is 1.28 bits per heavy atom. The van der Waals surface area contributed by atoms with Crippen LogP contribution in [0.2, 0.25) is 0 Å².